The van der Waals surface area contributed by atoms with Crippen LogP contribution in [-0.2, 0) is 19.6 Å². The first-order chi connectivity index (χ1) is 11.8. The lowest BCUT2D eigenvalue weighted by Gasteiger charge is -2.18. The highest BCUT2D eigenvalue weighted by molar-refractivity contribution is 7.89. The van der Waals surface area contributed by atoms with Crippen LogP contribution in [0.15, 0.2) is 41.3 Å². The van der Waals surface area contributed by atoms with E-state index in [4.69, 9.17) is 5.11 Å². The number of nitrogens with zero attached hydrogens (tertiary/aromatic N) is 1. The van der Waals surface area contributed by atoms with Crippen LogP contribution in [0.25, 0.3) is 10.8 Å². The maximum absolute atomic E-state index is 13.0. The van der Waals surface area contributed by atoms with Gasteiger partial charge >= 0.3 is 5.97 Å². The molecule has 3 rings (SSSR count). The second-order valence-corrected chi connectivity index (χ2v) is 7.93. The summed E-state index contributed by atoms with van der Waals surface area (Å²) in [7, 11) is -3.82. The number of hydrogen-bond acceptors (Lipinski definition) is 4. The molecule has 0 radical (unpaired) electrons. The van der Waals surface area contributed by atoms with Crippen molar-refractivity contribution in [2.24, 2.45) is 5.92 Å². The van der Waals surface area contributed by atoms with Gasteiger partial charge in [0.1, 0.15) is 0 Å². The Bertz CT molecular complexity index is 955. The van der Waals surface area contributed by atoms with Crippen LogP contribution in [0.5, 0.6) is 0 Å². The molecule has 2 aromatic rings. The molecule has 0 bridgehead atoms. The van der Waals surface area contributed by atoms with Crippen molar-refractivity contribution in [1.82, 2.24) is 4.31 Å². The second kappa shape index (κ2) is 6.45. The van der Waals surface area contributed by atoms with E-state index in [-0.39, 0.29) is 23.9 Å². The molecule has 1 amide bonds. The Hall–Kier alpha value is -2.45. The number of benzene rings is 2. The fraction of sp³-hybridized carbons (Fsp3) is 0.294. The Morgan fingerprint density at radius 1 is 1.16 bits per heavy atom. The maximum atomic E-state index is 13.0. The van der Waals surface area contributed by atoms with Gasteiger partial charge in [-0.2, -0.15) is 4.31 Å². The van der Waals surface area contributed by atoms with E-state index in [1.165, 1.54) is 17.3 Å². The molecule has 1 fully saturated rings. The third kappa shape index (κ3) is 3.22. The molecule has 0 aliphatic carbocycles. The molecule has 1 saturated heterocycles. The summed E-state index contributed by atoms with van der Waals surface area (Å²) in [5, 5.41) is 12.9. The minimum atomic E-state index is -3.82. The second-order valence-electron chi connectivity index (χ2n) is 6.02. The minimum Gasteiger partial charge on any atom is -0.481 e. The van der Waals surface area contributed by atoms with Crippen molar-refractivity contribution in [3.8, 4) is 0 Å². The summed E-state index contributed by atoms with van der Waals surface area (Å²) in [6.07, 6.45) is 0.302. The molecule has 0 spiro atoms. The molecule has 1 heterocycles. The monoisotopic (exact) mass is 362 g/mol. The first-order valence-corrected chi connectivity index (χ1v) is 9.27. The number of hydrogen-bond donors (Lipinski definition) is 2. The summed E-state index contributed by atoms with van der Waals surface area (Å²) in [5.41, 5.74) is 0.534. The molecule has 132 valence electrons. The topological polar surface area (TPSA) is 104 Å². The van der Waals surface area contributed by atoms with Gasteiger partial charge in [-0.3, -0.25) is 9.59 Å². The Labute approximate surface area is 145 Å². The number of carbonyl (C=O) groups is 2. The molecule has 1 atom stereocenters. The largest absolute Gasteiger partial charge is 0.481 e. The third-order valence-corrected chi connectivity index (χ3v) is 6.24. The van der Waals surface area contributed by atoms with Crippen LogP contribution in [0.3, 0.4) is 0 Å². The fourth-order valence-corrected chi connectivity index (χ4v) is 4.78. The molecule has 2 N–H and O–H groups in total. The van der Waals surface area contributed by atoms with Gasteiger partial charge in [-0.1, -0.05) is 24.3 Å². The zero-order chi connectivity index (χ0) is 18.2. The summed E-state index contributed by atoms with van der Waals surface area (Å²) in [4.78, 5) is 22.6. The van der Waals surface area contributed by atoms with Gasteiger partial charge in [0.25, 0.3) is 0 Å². The molecule has 1 aliphatic rings. The number of anilines is 1. The number of sulfonamides is 1. The molecule has 0 saturated carbocycles. The standard InChI is InChI=1S/C17H18N2O5S/c1-11(20)18-15-6-7-16(14-5-3-2-4-13(14)15)25(23,24)19-9-8-12(10-19)17(21)22/h2-7,12H,8-10H2,1H3,(H,18,20)(H,21,22). The van der Waals surface area contributed by atoms with Gasteiger partial charge < -0.3 is 10.4 Å². The van der Waals surface area contributed by atoms with Crippen LogP contribution in [-0.4, -0.2) is 42.8 Å². The van der Waals surface area contributed by atoms with E-state index in [9.17, 15) is 18.0 Å². The number of carboxylic acid groups (broad SMARTS) is 1. The molecular weight excluding hydrogens is 344 g/mol. The number of carbonyl (C=O) groups excluding carboxylic acids is 1. The van der Waals surface area contributed by atoms with Crippen LogP contribution < -0.4 is 5.32 Å². The Morgan fingerprint density at radius 3 is 2.44 bits per heavy atom. The van der Waals surface area contributed by atoms with E-state index >= 15 is 0 Å². The van der Waals surface area contributed by atoms with Crippen molar-refractivity contribution in [1.29, 1.82) is 0 Å². The first kappa shape index (κ1) is 17.4. The lowest BCUT2D eigenvalue weighted by Crippen LogP contribution is -2.30. The maximum Gasteiger partial charge on any atom is 0.307 e. The molecule has 25 heavy (non-hydrogen) atoms. The van der Waals surface area contributed by atoms with E-state index < -0.39 is 21.9 Å². The highest BCUT2D eigenvalue weighted by atomic mass is 32.2. The van der Waals surface area contributed by atoms with E-state index in [2.05, 4.69) is 5.32 Å². The zero-order valence-corrected chi connectivity index (χ0v) is 14.4. The molecule has 1 aliphatic heterocycles. The molecule has 0 aromatic heterocycles. The van der Waals surface area contributed by atoms with Crippen LogP contribution in [0.2, 0.25) is 0 Å². The fourth-order valence-electron chi connectivity index (χ4n) is 3.08. The smallest absolute Gasteiger partial charge is 0.307 e. The van der Waals surface area contributed by atoms with Crippen LogP contribution in [0, 0.1) is 5.92 Å². The molecule has 1 unspecified atom stereocenters. The normalized spacial score (nSPS) is 18.4. The van der Waals surface area contributed by atoms with E-state index in [1.807, 2.05) is 0 Å². The zero-order valence-electron chi connectivity index (χ0n) is 13.6. The summed E-state index contributed by atoms with van der Waals surface area (Å²) in [5.74, 6) is -1.91. The Balaban J connectivity index is 2.07. The van der Waals surface area contributed by atoms with Gasteiger partial charge in [-0.25, -0.2) is 8.42 Å². The van der Waals surface area contributed by atoms with Gasteiger partial charge in [0.05, 0.1) is 10.8 Å². The quantitative estimate of drug-likeness (QED) is 0.864. The lowest BCUT2D eigenvalue weighted by molar-refractivity contribution is -0.141. The third-order valence-electron chi connectivity index (χ3n) is 4.31. The number of carboxylic acids is 1. The predicted octanol–water partition coefficient (Wildman–Crippen LogP) is 1.89. The van der Waals surface area contributed by atoms with Crippen molar-refractivity contribution in [2.45, 2.75) is 18.2 Å². The van der Waals surface area contributed by atoms with Gasteiger partial charge in [0, 0.05) is 36.5 Å². The predicted molar refractivity (Wildman–Crippen MR) is 92.8 cm³/mol. The SMILES string of the molecule is CC(=O)Nc1ccc(S(=O)(=O)N2CCC(C(=O)O)C2)c2ccccc12. The highest BCUT2D eigenvalue weighted by Gasteiger charge is 2.36. The van der Waals surface area contributed by atoms with Crippen molar-refractivity contribution in [3.05, 3.63) is 36.4 Å². The first-order valence-electron chi connectivity index (χ1n) is 7.83. The lowest BCUT2D eigenvalue weighted by atomic mass is 10.1. The van der Waals surface area contributed by atoms with Crippen LogP contribution in [0.1, 0.15) is 13.3 Å². The Kier molecular flexibility index (Phi) is 4.49. The average Bonchev–Trinajstić information content (AvgIpc) is 3.05. The summed E-state index contributed by atoms with van der Waals surface area (Å²) < 4.78 is 27.2. The molecule has 2 aromatic carbocycles. The van der Waals surface area contributed by atoms with E-state index in [0.29, 0.717) is 22.9 Å². The summed E-state index contributed by atoms with van der Waals surface area (Å²) in [6, 6.07) is 9.92. The van der Waals surface area contributed by atoms with Gasteiger partial charge in [-0.15, -0.1) is 0 Å². The van der Waals surface area contributed by atoms with E-state index in [0.717, 1.165) is 0 Å². The highest BCUT2D eigenvalue weighted by Crippen LogP contribution is 2.33. The summed E-state index contributed by atoms with van der Waals surface area (Å²) >= 11 is 0. The van der Waals surface area contributed by atoms with Gasteiger partial charge in [0.15, 0.2) is 0 Å². The number of rotatable bonds is 4. The molecular formula is C17H18N2O5S. The van der Waals surface area contributed by atoms with Crippen molar-refractivity contribution in [2.75, 3.05) is 18.4 Å². The van der Waals surface area contributed by atoms with Gasteiger partial charge in [0.2, 0.25) is 15.9 Å². The summed E-state index contributed by atoms with van der Waals surface area (Å²) in [6.45, 7) is 1.54. The number of nitrogens with one attached hydrogen (secondary N) is 1. The van der Waals surface area contributed by atoms with Crippen molar-refractivity contribution in [3.63, 3.8) is 0 Å². The van der Waals surface area contributed by atoms with Gasteiger partial charge in [-0.05, 0) is 18.6 Å². The van der Waals surface area contributed by atoms with Crippen LogP contribution >= 0.6 is 0 Å². The Morgan fingerprint density at radius 2 is 1.84 bits per heavy atom. The van der Waals surface area contributed by atoms with Crippen molar-refractivity contribution < 1.29 is 23.1 Å². The molecule has 7 nitrogen and oxygen atoms in total. The van der Waals surface area contributed by atoms with Crippen molar-refractivity contribution >= 4 is 38.4 Å². The minimum absolute atomic E-state index is 0.0283. The number of fused-ring (bicyclic) bond motifs is 1. The number of aliphatic carboxylic acids is 1. The van der Waals surface area contributed by atoms with Crippen LogP contribution in [0.4, 0.5) is 5.69 Å². The number of amides is 1. The van der Waals surface area contributed by atoms with E-state index in [1.54, 1.807) is 30.3 Å². The average molecular weight is 362 g/mol. The molecule has 8 heteroatoms.